The summed E-state index contributed by atoms with van der Waals surface area (Å²) in [5.74, 6) is 1.42. The maximum Gasteiger partial charge on any atom is 0.319 e. The monoisotopic (exact) mass is 486 g/mol. The largest absolute Gasteiger partial charge is 0.494 e. The number of hydrogen-bond donors (Lipinski definition) is 2. The number of urea groups is 1. The summed E-state index contributed by atoms with van der Waals surface area (Å²) in [7, 11) is 0. The molecule has 1 saturated carbocycles. The Kier molecular flexibility index (Phi) is 7.15. The molecule has 2 fully saturated rings. The summed E-state index contributed by atoms with van der Waals surface area (Å²) in [6.07, 6.45) is 5.50. The molecule has 2 N–H and O–H groups in total. The Morgan fingerprint density at radius 1 is 1.19 bits per heavy atom. The van der Waals surface area contributed by atoms with E-state index in [1.807, 2.05) is 50.2 Å². The number of nitrogens with one attached hydrogen (secondary N) is 2. The number of benzene rings is 2. The second-order valence-electron chi connectivity index (χ2n) is 10.2. The zero-order valence-corrected chi connectivity index (χ0v) is 21.0. The molecule has 2 heterocycles. The molecule has 2 amide bonds. The minimum absolute atomic E-state index is 0.0613. The van der Waals surface area contributed by atoms with Gasteiger partial charge in [-0.15, -0.1) is 0 Å². The number of rotatable bonds is 8. The smallest absolute Gasteiger partial charge is 0.319 e. The van der Waals surface area contributed by atoms with Crippen molar-refractivity contribution in [2.24, 2.45) is 5.92 Å². The first-order valence-corrected chi connectivity index (χ1v) is 13.0. The van der Waals surface area contributed by atoms with Gasteiger partial charge in [0.2, 0.25) is 0 Å². The van der Waals surface area contributed by atoms with Crippen molar-refractivity contribution in [3.63, 3.8) is 0 Å². The highest BCUT2D eigenvalue weighted by Crippen LogP contribution is 2.43. The van der Waals surface area contributed by atoms with E-state index in [2.05, 4.69) is 27.3 Å². The maximum absolute atomic E-state index is 12.1. The number of nitrogens with zero attached hydrogens (tertiary/aromatic N) is 2. The molecule has 2 aromatic carbocycles. The minimum atomic E-state index is -0.230. The standard InChI is InChI=1S/C29H34N4O3/c1-19(2)31-29(34)32-22-8-6-21(7-9-22)28-26(17-30)25-11-10-24(36-15-13-20-12-14-35-18-20)16-27(25)33(28)23-4-3-5-23/h6-11,16,19-20,23H,3-5,12-15,18H2,1-2H3,(H2,31,32,34). The quantitative estimate of drug-likeness (QED) is 0.394. The highest BCUT2D eigenvalue weighted by atomic mass is 16.5. The Morgan fingerprint density at radius 2 is 2.00 bits per heavy atom. The van der Waals surface area contributed by atoms with E-state index in [1.165, 1.54) is 6.42 Å². The van der Waals surface area contributed by atoms with Crippen LogP contribution in [0.2, 0.25) is 0 Å². The minimum Gasteiger partial charge on any atom is -0.494 e. The SMILES string of the molecule is CC(C)NC(=O)Nc1ccc(-c2c(C#N)c3ccc(OCCC4CCOC4)cc3n2C2CCC2)cc1. The molecule has 1 aliphatic heterocycles. The zero-order valence-electron chi connectivity index (χ0n) is 21.0. The summed E-state index contributed by atoms with van der Waals surface area (Å²) < 4.78 is 13.9. The predicted molar refractivity (Wildman–Crippen MR) is 141 cm³/mol. The fourth-order valence-corrected chi connectivity index (χ4v) is 5.10. The van der Waals surface area contributed by atoms with Crippen LogP contribution >= 0.6 is 0 Å². The van der Waals surface area contributed by atoms with Gasteiger partial charge in [0.1, 0.15) is 11.8 Å². The number of nitriles is 1. The maximum atomic E-state index is 12.1. The van der Waals surface area contributed by atoms with Crippen molar-refractivity contribution in [1.82, 2.24) is 9.88 Å². The van der Waals surface area contributed by atoms with Crippen LogP contribution in [0.3, 0.4) is 0 Å². The van der Waals surface area contributed by atoms with Gasteiger partial charge < -0.3 is 24.7 Å². The van der Waals surface area contributed by atoms with Gasteiger partial charge in [-0.2, -0.15) is 5.26 Å². The van der Waals surface area contributed by atoms with Crippen LogP contribution in [0.1, 0.15) is 57.6 Å². The van der Waals surface area contributed by atoms with Gasteiger partial charge in [-0.3, -0.25) is 0 Å². The average molecular weight is 487 g/mol. The molecule has 1 aromatic heterocycles. The summed E-state index contributed by atoms with van der Waals surface area (Å²) >= 11 is 0. The molecule has 3 aromatic rings. The van der Waals surface area contributed by atoms with Crippen LogP contribution in [0.4, 0.5) is 10.5 Å². The summed E-state index contributed by atoms with van der Waals surface area (Å²) in [6.45, 7) is 6.20. The van der Waals surface area contributed by atoms with Gasteiger partial charge >= 0.3 is 6.03 Å². The van der Waals surface area contributed by atoms with Gasteiger partial charge in [-0.1, -0.05) is 12.1 Å². The molecule has 7 heteroatoms. The molecule has 1 aliphatic carbocycles. The summed E-state index contributed by atoms with van der Waals surface area (Å²) in [6, 6.07) is 16.5. The van der Waals surface area contributed by atoms with E-state index in [-0.39, 0.29) is 12.1 Å². The highest BCUT2D eigenvalue weighted by molar-refractivity contribution is 5.96. The normalized spacial score (nSPS) is 17.7. The first-order chi connectivity index (χ1) is 17.5. The van der Waals surface area contributed by atoms with E-state index < -0.39 is 0 Å². The van der Waals surface area contributed by atoms with E-state index in [4.69, 9.17) is 9.47 Å². The predicted octanol–water partition coefficient (Wildman–Crippen LogP) is 6.24. The topological polar surface area (TPSA) is 88.3 Å². The lowest BCUT2D eigenvalue weighted by Crippen LogP contribution is -2.34. The Morgan fingerprint density at radius 3 is 2.64 bits per heavy atom. The number of amides is 2. The second kappa shape index (κ2) is 10.6. The van der Waals surface area contributed by atoms with Gasteiger partial charge in [0.25, 0.3) is 0 Å². The van der Waals surface area contributed by atoms with Crippen molar-refractivity contribution in [3.8, 4) is 23.1 Å². The summed E-state index contributed by atoms with van der Waals surface area (Å²) in [5, 5.41) is 16.8. The van der Waals surface area contributed by atoms with Crippen molar-refractivity contribution in [1.29, 1.82) is 5.26 Å². The van der Waals surface area contributed by atoms with Crippen LogP contribution in [-0.2, 0) is 4.74 Å². The van der Waals surface area contributed by atoms with Crippen molar-refractivity contribution in [2.75, 3.05) is 25.1 Å². The molecule has 188 valence electrons. The third-order valence-corrected chi connectivity index (χ3v) is 7.18. The fraction of sp³-hybridized carbons (Fsp3) is 0.448. The molecule has 1 unspecified atom stereocenters. The number of fused-ring (bicyclic) bond motifs is 1. The molecular weight excluding hydrogens is 452 g/mol. The Balaban J connectivity index is 1.45. The van der Waals surface area contributed by atoms with Crippen LogP contribution in [0.25, 0.3) is 22.2 Å². The van der Waals surface area contributed by atoms with Crippen LogP contribution in [0, 0.1) is 17.2 Å². The number of aromatic nitrogens is 1. The third kappa shape index (κ3) is 5.05. The van der Waals surface area contributed by atoms with Crippen LogP contribution in [0.15, 0.2) is 42.5 Å². The van der Waals surface area contributed by atoms with E-state index in [1.54, 1.807) is 0 Å². The van der Waals surface area contributed by atoms with Crippen molar-refractivity contribution in [2.45, 2.75) is 58.0 Å². The van der Waals surface area contributed by atoms with Gasteiger partial charge in [0.15, 0.2) is 0 Å². The van der Waals surface area contributed by atoms with Crippen LogP contribution < -0.4 is 15.4 Å². The number of carbonyl (C=O) groups excluding carboxylic acids is 1. The third-order valence-electron chi connectivity index (χ3n) is 7.18. The molecule has 2 aliphatic rings. The van der Waals surface area contributed by atoms with Gasteiger partial charge in [0.05, 0.1) is 23.4 Å². The molecule has 36 heavy (non-hydrogen) atoms. The van der Waals surface area contributed by atoms with Crippen molar-refractivity contribution >= 4 is 22.6 Å². The number of ether oxygens (including phenoxy) is 2. The fourth-order valence-electron chi connectivity index (χ4n) is 5.10. The molecule has 0 bridgehead atoms. The molecule has 1 atom stereocenters. The van der Waals surface area contributed by atoms with Crippen LogP contribution in [-0.4, -0.2) is 36.5 Å². The molecule has 1 saturated heterocycles. The summed E-state index contributed by atoms with van der Waals surface area (Å²) in [5.41, 5.74) is 4.35. The molecular formula is C29H34N4O3. The lowest BCUT2D eigenvalue weighted by molar-refractivity contribution is 0.178. The lowest BCUT2D eigenvalue weighted by Gasteiger charge is -2.30. The molecule has 5 rings (SSSR count). The number of carbonyl (C=O) groups is 1. The van der Waals surface area contributed by atoms with Crippen LogP contribution in [0.5, 0.6) is 5.75 Å². The Hall–Kier alpha value is -3.50. The lowest BCUT2D eigenvalue weighted by atomic mass is 9.92. The molecule has 7 nitrogen and oxygen atoms in total. The first kappa shape index (κ1) is 24.2. The van der Waals surface area contributed by atoms with Crippen molar-refractivity contribution < 1.29 is 14.3 Å². The summed E-state index contributed by atoms with van der Waals surface area (Å²) in [4.78, 5) is 12.1. The van der Waals surface area contributed by atoms with Gasteiger partial charge in [0, 0.05) is 42.4 Å². The van der Waals surface area contributed by atoms with E-state index >= 15 is 0 Å². The number of hydrogen-bond acceptors (Lipinski definition) is 4. The van der Waals surface area contributed by atoms with E-state index in [0.29, 0.717) is 29.8 Å². The highest BCUT2D eigenvalue weighted by Gasteiger charge is 2.28. The first-order valence-electron chi connectivity index (χ1n) is 13.0. The Bertz CT molecular complexity index is 1260. The Labute approximate surface area is 212 Å². The number of anilines is 1. The van der Waals surface area contributed by atoms with E-state index in [0.717, 1.165) is 66.8 Å². The zero-order chi connectivity index (χ0) is 25.1. The van der Waals surface area contributed by atoms with Crippen molar-refractivity contribution in [3.05, 3.63) is 48.0 Å². The molecule has 0 spiro atoms. The second-order valence-corrected chi connectivity index (χ2v) is 10.2. The average Bonchev–Trinajstić information content (AvgIpc) is 3.44. The van der Waals surface area contributed by atoms with Gasteiger partial charge in [-0.25, -0.2) is 4.79 Å². The van der Waals surface area contributed by atoms with E-state index in [9.17, 15) is 10.1 Å². The molecule has 0 radical (unpaired) electrons. The van der Waals surface area contributed by atoms with Gasteiger partial charge in [-0.05, 0) is 81.7 Å².